The number of thiophene rings is 1. The minimum Gasteiger partial charge on any atom is -0.484 e. The summed E-state index contributed by atoms with van der Waals surface area (Å²) in [7, 11) is 0. The molecule has 1 aliphatic rings. The Morgan fingerprint density at radius 3 is 2.71 bits per heavy atom. The second-order valence-electron chi connectivity index (χ2n) is 5.59. The summed E-state index contributed by atoms with van der Waals surface area (Å²) in [6.45, 7) is 3.87. The van der Waals surface area contributed by atoms with Crippen molar-refractivity contribution in [3.8, 4) is 5.75 Å². The first-order valence-electron chi connectivity index (χ1n) is 8.12. The lowest BCUT2D eigenvalue weighted by molar-refractivity contribution is -0.123. The molecule has 2 aromatic rings. The summed E-state index contributed by atoms with van der Waals surface area (Å²) in [6, 6.07) is 13.7. The van der Waals surface area contributed by atoms with Gasteiger partial charge in [0, 0.05) is 24.5 Å². The maximum atomic E-state index is 12.1. The van der Waals surface area contributed by atoms with Crippen LogP contribution in [0.4, 0.5) is 0 Å². The van der Waals surface area contributed by atoms with Crippen LogP contribution in [-0.4, -0.2) is 50.3 Å². The van der Waals surface area contributed by atoms with Gasteiger partial charge >= 0.3 is 0 Å². The number of hydrogen-bond acceptors (Lipinski definition) is 5. The molecule has 1 amide bonds. The maximum Gasteiger partial charge on any atom is 0.258 e. The van der Waals surface area contributed by atoms with Crippen LogP contribution in [0.2, 0.25) is 0 Å². The Hall–Kier alpha value is -1.89. The van der Waals surface area contributed by atoms with E-state index < -0.39 is 0 Å². The van der Waals surface area contributed by atoms with Crippen molar-refractivity contribution in [1.82, 2.24) is 10.2 Å². The Kier molecular flexibility index (Phi) is 6.23. The Labute approximate surface area is 146 Å². The van der Waals surface area contributed by atoms with Crippen molar-refractivity contribution in [3.63, 3.8) is 0 Å². The number of nitrogens with one attached hydrogen (secondary N) is 1. The molecule has 0 bridgehead atoms. The molecule has 0 saturated carbocycles. The summed E-state index contributed by atoms with van der Waals surface area (Å²) in [5.74, 6) is 0.601. The molecule has 0 aliphatic carbocycles. The Balaban J connectivity index is 1.52. The van der Waals surface area contributed by atoms with E-state index in [1.54, 1.807) is 11.3 Å². The fourth-order valence-electron chi connectivity index (χ4n) is 2.71. The van der Waals surface area contributed by atoms with Crippen molar-refractivity contribution in [2.45, 2.75) is 6.04 Å². The molecule has 24 heavy (non-hydrogen) atoms. The minimum absolute atomic E-state index is 0.0320. The summed E-state index contributed by atoms with van der Waals surface area (Å²) in [4.78, 5) is 15.7. The van der Waals surface area contributed by atoms with E-state index in [0.717, 1.165) is 26.3 Å². The standard InChI is InChI=1S/C18H22N2O3S/c21-18(14-23-15-5-2-1-3-6-15)19-13-16(17-7-4-12-24-17)20-8-10-22-11-9-20/h1-7,12,16H,8-11,13-14H2,(H,19,21)/t16-/m1/s1. The molecule has 1 aromatic carbocycles. The maximum absolute atomic E-state index is 12.1. The highest BCUT2D eigenvalue weighted by atomic mass is 32.1. The van der Waals surface area contributed by atoms with Gasteiger partial charge in [-0.1, -0.05) is 24.3 Å². The van der Waals surface area contributed by atoms with Crippen LogP contribution in [0.15, 0.2) is 47.8 Å². The number of rotatable bonds is 7. The van der Waals surface area contributed by atoms with Crippen molar-refractivity contribution >= 4 is 17.2 Å². The molecule has 1 fully saturated rings. The molecule has 3 rings (SSSR count). The molecule has 1 N–H and O–H groups in total. The SMILES string of the molecule is O=C(COc1ccccc1)NC[C@H](c1cccs1)N1CCOCC1. The largest absolute Gasteiger partial charge is 0.484 e. The average Bonchev–Trinajstić information content (AvgIpc) is 3.16. The number of carbonyl (C=O) groups excluding carboxylic acids is 1. The Morgan fingerprint density at radius 2 is 2.00 bits per heavy atom. The van der Waals surface area contributed by atoms with Gasteiger partial charge in [0.25, 0.3) is 5.91 Å². The third kappa shape index (κ3) is 4.80. The zero-order chi connectivity index (χ0) is 16.6. The molecule has 128 valence electrons. The molecule has 2 heterocycles. The van der Waals surface area contributed by atoms with Gasteiger partial charge in [-0.15, -0.1) is 11.3 Å². The van der Waals surface area contributed by atoms with E-state index in [9.17, 15) is 4.79 Å². The lowest BCUT2D eigenvalue weighted by Gasteiger charge is -2.34. The molecule has 6 heteroatoms. The van der Waals surface area contributed by atoms with Crippen LogP contribution >= 0.6 is 11.3 Å². The number of para-hydroxylation sites is 1. The van der Waals surface area contributed by atoms with Gasteiger partial charge in [-0.3, -0.25) is 9.69 Å². The van der Waals surface area contributed by atoms with Crippen molar-refractivity contribution < 1.29 is 14.3 Å². The van der Waals surface area contributed by atoms with Crippen molar-refractivity contribution in [1.29, 1.82) is 0 Å². The molecule has 0 radical (unpaired) electrons. The van der Waals surface area contributed by atoms with E-state index in [2.05, 4.69) is 21.7 Å². The lowest BCUT2D eigenvalue weighted by atomic mass is 10.2. The summed E-state index contributed by atoms with van der Waals surface area (Å²) in [5, 5.41) is 5.07. The number of benzene rings is 1. The van der Waals surface area contributed by atoms with Gasteiger partial charge in [0.2, 0.25) is 0 Å². The topological polar surface area (TPSA) is 50.8 Å². The second kappa shape index (κ2) is 8.82. The molecule has 0 unspecified atom stereocenters. The zero-order valence-corrected chi connectivity index (χ0v) is 14.3. The van der Waals surface area contributed by atoms with Crippen LogP contribution in [0.3, 0.4) is 0 Å². The van der Waals surface area contributed by atoms with Crippen LogP contribution in [0.1, 0.15) is 10.9 Å². The molecular formula is C18H22N2O3S. The highest BCUT2D eigenvalue weighted by molar-refractivity contribution is 7.10. The number of nitrogens with zero attached hydrogens (tertiary/aromatic N) is 1. The van der Waals surface area contributed by atoms with Gasteiger partial charge < -0.3 is 14.8 Å². The molecule has 1 aromatic heterocycles. The summed E-state index contributed by atoms with van der Waals surface area (Å²) in [5.41, 5.74) is 0. The predicted molar refractivity (Wildman–Crippen MR) is 94.4 cm³/mol. The molecule has 0 spiro atoms. The monoisotopic (exact) mass is 346 g/mol. The van der Waals surface area contributed by atoms with Crippen LogP contribution in [0, 0.1) is 0 Å². The lowest BCUT2D eigenvalue weighted by Crippen LogP contribution is -2.44. The quantitative estimate of drug-likeness (QED) is 0.836. The van der Waals surface area contributed by atoms with Gasteiger partial charge in [0.1, 0.15) is 5.75 Å². The van der Waals surface area contributed by atoms with Gasteiger partial charge in [-0.05, 0) is 23.6 Å². The summed E-state index contributed by atoms with van der Waals surface area (Å²) in [6.07, 6.45) is 0. The van der Waals surface area contributed by atoms with Gasteiger partial charge in [-0.2, -0.15) is 0 Å². The van der Waals surface area contributed by atoms with E-state index in [1.165, 1.54) is 4.88 Å². The predicted octanol–water partition coefficient (Wildman–Crippen LogP) is 2.32. The minimum atomic E-state index is -0.103. The average molecular weight is 346 g/mol. The summed E-state index contributed by atoms with van der Waals surface area (Å²) < 4.78 is 10.9. The number of hydrogen-bond donors (Lipinski definition) is 1. The Bertz CT molecular complexity index is 612. The fourth-order valence-corrected chi connectivity index (χ4v) is 3.57. The van der Waals surface area contributed by atoms with E-state index in [1.807, 2.05) is 36.4 Å². The first kappa shape index (κ1) is 17.0. The van der Waals surface area contributed by atoms with E-state index >= 15 is 0 Å². The molecule has 1 saturated heterocycles. The van der Waals surface area contributed by atoms with Crippen LogP contribution in [0.5, 0.6) is 5.75 Å². The van der Waals surface area contributed by atoms with E-state index in [4.69, 9.17) is 9.47 Å². The number of morpholine rings is 1. The normalized spacial score (nSPS) is 16.5. The van der Waals surface area contributed by atoms with Crippen LogP contribution in [0.25, 0.3) is 0 Å². The molecule has 1 atom stereocenters. The second-order valence-corrected chi connectivity index (χ2v) is 6.56. The highest BCUT2D eigenvalue weighted by Crippen LogP contribution is 2.25. The highest BCUT2D eigenvalue weighted by Gasteiger charge is 2.23. The number of ether oxygens (including phenoxy) is 2. The van der Waals surface area contributed by atoms with Crippen molar-refractivity contribution in [2.75, 3.05) is 39.5 Å². The van der Waals surface area contributed by atoms with Gasteiger partial charge in [0.15, 0.2) is 6.61 Å². The van der Waals surface area contributed by atoms with Crippen LogP contribution in [-0.2, 0) is 9.53 Å². The summed E-state index contributed by atoms with van der Waals surface area (Å²) >= 11 is 1.72. The van der Waals surface area contributed by atoms with Crippen LogP contribution < -0.4 is 10.1 Å². The van der Waals surface area contributed by atoms with Crippen molar-refractivity contribution in [3.05, 3.63) is 52.7 Å². The van der Waals surface area contributed by atoms with Gasteiger partial charge in [0.05, 0.1) is 19.3 Å². The molecule has 5 nitrogen and oxygen atoms in total. The van der Waals surface area contributed by atoms with Crippen molar-refractivity contribution in [2.24, 2.45) is 0 Å². The molecular weight excluding hydrogens is 324 g/mol. The van der Waals surface area contributed by atoms with E-state index in [-0.39, 0.29) is 18.6 Å². The smallest absolute Gasteiger partial charge is 0.258 e. The third-order valence-electron chi connectivity index (χ3n) is 3.96. The number of amides is 1. The molecule has 1 aliphatic heterocycles. The first-order valence-corrected chi connectivity index (χ1v) is 9.00. The van der Waals surface area contributed by atoms with Gasteiger partial charge in [-0.25, -0.2) is 0 Å². The fraction of sp³-hybridized carbons (Fsp3) is 0.389. The first-order chi connectivity index (χ1) is 11.8. The third-order valence-corrected chi connectivity index (χ3v) is 4.94. The number of carbonyl (C=O) groups is 1. The zero-order valence-electron chi connectivity index (χ0n) is 13.5. The Morgan fingerprint density at radius 1 is 1.21 bits per heavy atom. The van der Waals surface area contributed by atoms with E-state index in [0.29, 0.717) is 12.3 Å².